The van der Waals surface area contributed by atoms with Crippen molar-refractivity contribution in [2.75, 3.05) is 20.2 Å². The highest BCUT2D eigenvalue weighted by atomic mass is 19.1. The van der Waals surface area contributed by atoms with E-state index in [1.165, 1.54) is 6.07 Å². The van der Waals surface area contributed by atoms with Crippen molar-refractivity contribution in [1.82, 2.24) is 5.32 Å². The molecule has 1 N–H and O–H groups in total. The van der Waals surface area contributed by atoms with Crippen molar-refractivity contribution in [3.63, 3.8) is 0 Å². The predicted molar refractivity (Wildman–Crippen MR) is 99.4 cm³/mol. The summed E-state index contributed by atoms with van der Waals surface area (Å²) < 4.78 is 19.7. The molecular weight excluding hydrogens is 333 g/mol. The van der Waals surface area contributed by atoms with Crippen molar-refractivity contribution < 1.29 is 18.7 Å². The molecule has 1 heterocycles. The molecule has 4 nitrogen and oxygen atoms in total. The van der Waals surface area contributed by atoms with E-state index in [-0.39, 0.29) is 35.5 Å². The monoisotopic (exact) mass is 363 g/mol. The standard InChI is InChI=1S/C21H30FNO3/c1-4-20(25)18-13-23-12-15(7-6-10-24)17(18)11-21(26-3)16-8-5-9-19(22)14(16)2/h5,8-10,15,17-18,21,23H,4,6-7,11-13H2,1-3H3/t15-,17?,18+,21?/m1/s1. The first kappa shape index (κ1) is 20.7. The molecule has 2 rings (SSSR count). The van der Waals surface area contributed by atoms with E-state index in [2.05, 4.69) is 5.32 Å². The Morgan fingerprint density at radius 2 is 2.19 bits per heavy atom. The van der Waals surface area contributed by atoms with Gasteiger partial charge in [0, 0.05) is 32.4 Å². The lowest BCUT2D eigenvalue weighted by molar-refractivity contribution is -0.126. The number of ketones is 1. The first-order chi connectivity index (χ1) is 12.5. The SMILES string of the molecule is CCC(=O)[C@H]1CNC[C@@H](CCC=O)C1CC(OC)c1cccc(F)c1C. The van der Waals surface area contributed by atoms with Gasteiger partial charge in [-0.25, -0.2) is 4.39 Å². The molecule has 1 fully saturated rings. The van der Waals surface area contributed by atoms with Crippen molar-refractivity contribution in [3.05, 3.63) is 35.1 Å². The summed E-state index contributed by atoms with van der Waals surface area (Å²) in [5.74, 6) is 0.270. The zero-order valence-electron chi connectivity index (χ0n) is 16.0. The number of methoxy groups -OCH3 is 1. The second-order valence-electron chi connectivity index (χ2n) is 7.17. The van der Waals surface area contributed by atoms with Gasteiger partial charge >= 0.3 is 0 Å². The van der Waals surface area contributed by atoms with E-state index in [1.807, 2.05) is 13.0 Å². The molecule has 1 saturated heterocycles. The minimum atomic E-state index is -0.264. The summed E-state index contributed by atoms with van der Waals surface area (Å²) >= 11 is 0. The molecule has 0 bridgehead atoms. The first-order valence-corrected chi connectivity index (χ1v) is 9.48. The fourth-order valence-corrected chi connectivity index (χ4v) is 4.20. The number of hydrogen-bond donors (Lipinski definition) is 1. The van der Waals surface area contributed by atoms with Gasteiger partial charge in [0.1, 0.15) is 17.9 Å². The van der Waals surface area contributed by atoms with Gasteiger partial charge in [-0.2, -0.15) is 0 Å². The fourth-order valence-electron chi connectivity index (χ4n) is 4.20. The van der Waals surface area contributed by atoms with Crippen LogP contribution in [-0.2, 0) is 14.3 Å². The Labute approximate surface area is 155 Å². The average Bonchev–Trinajstić information content (AvgIpc) is 2.66. The maximum Gasteiger partial charge on any atom is 0.137 e. The predicted octanol–water partition coefficient (Wildman–Crippen LogP) is 3.62. The quantitative estimate of drug-likeness (QED) is 0.681. The van der Waals surface area contributed by atoms with E-state index >= 15 is 0 Å². The van der Waals surface area contributed by atoms with Crippen LogP contribution in [0.2, 0.25) is 0 Å². The lowest BCUT2D eigenvalue weighted by Crippen LogP contribution is -2.47. The number of piperidine rings is 1. The second kappa shape index (κ2) is 9.93. The summed E-state index contributed by atoms with van der Waals surface area (Å²) in [7, 11) is 1.63. The van der Waals surface area contributed by atoms with Gasteiger partial charge in [0.05, 0.1) is 6.10 Å². The molecule has 5 heteroatoms. The van der Waals surface area contributed by atoms with Gasteiger partial charge in [-0.3, -0.25) is 4.79 Å². The van der Waals surface area contributed by atoms with Gasteiger partial charge in [0.15, 0.2) is 0 Å². The minimum absolute atomic E-state index is 0.0862. The third-order valence-corrected chi connectivity index (χ3v) is 5.74. The van der Waals surface area contributed by atoms with E-state index < -0.39 is 0 Å². The van der Waals surface area contributed by atoms with Crippen LogP contribution in [0.15, 0.2) is 18.2 Å². The summed E-state index contributed by atoms with van der Waals surface area (Å²) in [6, 6.07) is 5.04. The zero-order valence-corrected chi connectivity index (χ0v) is 16.0. The highest BCUT2D eigenvalue weighted by molar-refractivity contribution is 5.81. The Hall–Kier alpha value is -1.59. The van der Waals surface area contributed by atoms with Gasteiger partial charge in [0.25, 0.3) is 0 Å². The highest BCUT2D eigenvalue weighted by Gasteiger charge is 2.38. The number of benzene rings is 1. The molecule has 0 spiro atoms. The Bertz CT molecular complexity index is 619. The number of carbonyl (C=O) groups is 2. The molecule has 0 radical (unpaired) electrons. The van der Waals surface area contributed by atoms with Gasteiger partial charge in [0.2, 0.25) is 0 Å². The van der Waals surface area contributed by atoms with Crippen molar-refractivity contribution in [1.29, 1.82) is 0 Å². The van der Waals surface area contributed by atoms with Crippen molar-refractivity contribution in [2.24, 2.45) is 17.8 Å². The molecule has 0 aliphatic carbocycles. The molecule has 0 aromatic heterocycles. The van der Waals surface area contributed by atoms with Crippen LogP contribution in [0, 0.1) is 30.5 Å². The minimum Gasteiger partial charge on any atom is -0.377 e. The van der Waals surface area contributed by atoms with E-state index in [4.69, 9.17) is 4.74 Å². The van der Waals surface area contributed by atoms with Crippen LogP contribution in [0.4, 0.5) is 4.39 Å². The van der Waals surface area contributed by atoms with E-state index in [1.54, 1.807) is 20.1 Å². The van der Waals surface area contributed by atoms with Crippen LogP contribution >= 0.6 is 0 Å². The molecule has 1 aromatic carbocycles. The lowest BCUT2D eigenvalue weighted by Gasteiger charge is -2.39. The normalized spacial score (nSPS) is 24.2. The highest BCUT2D eigenvalue weighted by Crippen LogP contribution is 2.38. The van der Waals surface area contributed by atoms with E-state index in [0.29, 0.717) is 31.4 Å². The lowest BCUT2D eigenvalue weighted by atomic mass is 9.71. The van der Waals surface area contributed by atoms with Crippen LogP contribution in [-0.4, -0.2) is 32.3 Å². The number of rotatable bonds is 9. The maximum atomic E-state index is 14.0. The fraction of sp³-hybridized carbons (Fsp3) is 0.619. The van der Waals surface area contributed by atoms with E-state index in [0.717, 1.165) is 24.8 Å². The Morgan fingerprint density at radius 3 is 2.85 bits per heavy atom. The molecule has 1 aliphatic rings. The molecule has 2 unspecified atom stereocenters. The number of nitrogens with one attached hydrogen (secondary N) is 1. The number of carbonyl (C=O) groups excluding carboxylic acids is 2. The number of hydrogen-bond acceptors (Lipinski definition) is 4. The summed E-state index contributed by atoms with van der Waals surface area (Å²) in [5.41, 5.74) is 1.43. The number of halogens is 1. The summed E-state index contributed by atoms with van der Waals surface area (Å²) in [4.78, 5) is 23.4. The summed E-state index contributed by atoms with van der Waals surface area (Å²) in [5, 5.41) is 3.35. The number of ether oxygens (including phenoxy) is 1. The first-order valence-electron chi connectivity index (χ1n) is 9.48. The Kier molecular flexibility index (Phi) is 7.91. The van der Waals surface area contributed by atoms with Crippen LogP contribution in [0.5, 0.6) is 0 Å². The molecular formula is C21H30FNO3. The topological polar surface area (TPSA) is 55.4 Å². The van der Waals surface area contributed by atoms with Crippen LogP contribution in [0.1, 0.15) is 49.8 Å². The van der Waals surface area contributed by atoms with Gasteiger partial charge in [-0.15, -0.1) is 0 Å². The summed E-state index contributed by atoms with van der Waals surface area (Å²) in [6.07, 6.45) is 3.08. The van der Waals surface area contributed by atoms with Crippen LogP contribution < -0.4 is 5.32 Å². The maximum absolute atomic E-state index is 14.0. The van der Waals surface area contributed by atoms with Gasteiger partial charge in [-0.1, -0.05) is 19.1 Å². The van der Waals surface area contributed by atoms with Crippen molar-refractivity contribution >= 4 is 12.1 Å². The molecule has 26 heavy (non-hydrogen) atoms. The Morgan fingerprint density at radius 1 is 1.42 bits per heavy atom. The summed E-state index contributed by atoms with van der Waals surface area (Å²) in [6.45, 7) is 5.11. The second-order valence-corrected chi connectivity index (χ2v) is 7.17. The molecule has 1 aliphatic heterocycles. The molecule has 144 valence electrons. The van der Waals surface area contributed by atoms with Gasteiger partial charge in [-0.05, 0) is 55.3 Å². The molecule has 0 saturated carbocycles. The average molecular weight is 363 g/mol. The van der Waals surface area contributed by atoms with E-state index in [9.17, 15) is 14.0 Å². The largest absolute Gasteiger partial charge is 0.377 e. The molecule has 1 aromatic rings. The smallest absolute Gasteiger partial charge is 0.137 e. The van der Waals surface area contributed by atoms with Gasteiger partial charge < -0.3 is 14.8 Å². The molecule has 0 amide bonds. The number of Topliss-reactive ketones (excluding diaryl/α,β-unsaturated/α-hetero) is 1. The third-order valence-electron chi connectivity index (χ3n) is 5.74. The number of aldehydes is 1. The zero-order chi connectivity index (χ0) is 19.1. The van der Waals surface area contributed by atoms with Crippen molar-refractivity contribution in [3.8, 4) is 0 Å². The van der Waals surface area contributed by atoms with Crippen LogP contribution in [0.3, 0.4) is 0 Å². The van der Waals surface area contributed by atoms with Crippen molar-refractivity contribution in [2.45, 2.75) is 45.6 Å². The third kappa shape index (κ3) is 4.77. The molecule has 4 atom stereocenters. The van der Waals surface area contributed by atoms with Crippen LogP contribution in [0.25, 0.3) is 0 Å². The Balaban J connectivity index is 2.28.